The van der Waals surface area contributed by atoms with Crippen LogP contribution in [-0.4, -0.2) is 61.7 Å². The van der Waals surface area contributed by atoms with Crippen LogP contribution in [0.1, 0.15) is 25.5 Å². The van der Waals surface area contributed by atoms with Gasteiger partial charge in [0.1, 0.15) is 11.5 Å². The summed E-state index contributed by atoms with van der Waals surface area (Å²) >= 11 is 0. The van der Waals surface area contributed by atoms with Gasteiger partial charge in [-0.25, -0.2) is 9.97 Å². The molecular formula is C20H25N7O. The largest absolute Gasteiger partial charge is 0.345 e. The van der Waals surface area contributed by atoms with Crippen LogP contribution in [0.2, 0.25) is 0 Å². The van der Waals surface area contributed by atoms with Gasteiger partial charge in [-0.2, -0.15) is 5.10 Å². The lowest BCUT2D eigenvalue weighted by Gasteiger charge is -2.35. The molecule has 3 aromatic heterocycles. The van der Waals surface area contributed by atoms with Crippen LogP contribution in [0.3, 0.4) is 0 Å². The quantitative estimate of drug-likeness (QED) is 0.676. The minimum Gasteiger partial charge on any atom is -0.345 e. The van der Waals surface area contributed by atoms with E-state index >= 15 is 0 Å². The zero-order chi connectivity index (χ0) is 19.7. The molecule has 0 atom stereocenters. The van der Waals surface area contributed by atoms with E-state index in [0.29, 0.717) is 24.6 Å². The molecule has 8 nitrogen and oxygen atoms in total. The number of fused-ring (bicyclic) bond motifs is 1. The Morgan fingerprint density at radius 3 is 2.75 bits per heavy atom. The number of carbonyl (C=O) groups excluding carboxylic acids is 1. The first-order valence-electron chi connectivity index (χ1n) is 9.74. The number of hydrogen-bond donors (Lipinski definition) is 0. The van der Waals surface area contributed by atoms with Crippen molar-refractivity contribution in [2.75, 3.05) is 31.1 Å². The van der Waals surface area contributed by atoms with Crippen LogP contribution in [0.15, 0.2) is 24.4 Å². The Morgan fingerprint density at radius 2 is 2.04 bits per heavy atom. The number of anilines is 1. The van der Waals surface area contributed by atoms with Gasteiger partial charge in [-0.05, 0) is 25.5 Å². The zero-order valence-electron chi connectivity index (χ0n) is 16.6. The number of piperazine rings is 1. The zero-order valence-corrected chi connectivity index (χ0v) is 16.6. The summed E-state index contributed by atoms with van der Waals surface area (Å²) in [5.74, 6) is 1.46. The highest BCUT2D eigenvalue weighted by molar-refractivity contribution is 5.93. The Hall–Kier alpha value is -3.03. The molecule has 0 aliphatic carbocycles. The van der Waals surface area contributed by atoms with Gasteiger partial charge in [0.2, 0.25) is 5.91 Å². The molecule has 0 bridgehead atoms. The van der Waals surface area contributed by atoms with Crippen LogP contribution < -0.4 is 4.90 Å². The van der Waals surface area contributed by atoms with Gasteiger partial charge in [0.15, 0.2) is 11.5 Å². The van der Waals surface area contributed by atoms with Gasteiger partial charge in [-0.15, -0.1) is 0 Å². The van der Waals surface area contributed by atoms with Gasteiger partial charge in [0.05, 0.1) is 17.6 Å². The normalized spacial score (nSPS) is 14.9. The molecule has 1 aliphatic rings. The van der Waals surface area contributed by atoms with E-state index in [1.54, 1.807) is 10.9 Å². The number of amides is 1. The van der Waals surface area contributed by atoms with Crippen molar-refractivity contribution < 1.29 is 4.79 Å². The Kier molecular flexibility index (Phi) is 4.93. The van der Waals surface area contributed by atoms with Crippen LogP contribution in [0.25, 0.3) is 22.6 Å². The van der Waals surface area contributed by atoms with Gasteiger partial charge in [-0.1, -0.05) is 19.4 Å². The summed E-state index contributed by atoms with van der Waals surface area (Å²) in [6.45, 7) is 6.71. The molecule has 1 amide bonds. The van der Waals surface area contributed by atoms with Crippen molar-refractivity contribution in [3.8, 4) is 11.5 Å². The molecule has 0 spiro atoms. The molecule has 4 rings (SSSR count). The molecule has 28 heavy (non-hydrogen) atoms. The summed E-state index contributed by atoms with van der Waals surface area (Å²) in [6.07, 6.45) is 3.85. The molecular weight excluding hydrogens is 354 g/mol. The molecule has 0 saturated carbocycles. The van der Waals surface area contributed by atoms with Gasteiger partial charge in [0, 0.05) is 32.9 Å². The maximum absolute atomic E-state index is 12.7. The maximum Gasteiger partial charge on any atom is 0.242 e. The lowest BCUT2D eigenvalue weighted by atomic mass is 10.2. The van der Waals surface area contributed by atoms with Crippen molar-refractivity contribution in [1.29, 1.82) is 0 Å². The van der Waals surface area contributed by atoms with E-state index in [-0.39, 0.29) is 5.91 Å². The molecule has 146 valence electrons. The van der Waals surface area contributed by atoms with E-state index < -0.39 is 0 Å². The predicted molar refractivity (Wildman–Crippen MR) is 108 cm³/mol. The minimum absolute atomic E-state index is 0.146. The van der Waals surface area contributed by atoms with E-state index in [1.165, 1.54) is 0 Å². The summed E-state index contributed by atoms with van der Waals surface area (Å²) in [5.41, 5.74) is 2.32. The molecule has 1 fully saturated rings. The number of hydrogen-bond acceptors (Lipinski definition) is 6. The number of aromatic nitrogens is 5. The van der Waals surface area contributed by atoms with Crippen molar-refractivity contribution >= 4 is 22.8 Å². The van der Waals surface area contributed by atoms with E-state index in [0.717, 1.165) is 48.5 Å². The van der Waals surface area contributed by atoms with Crippen LogP contribution in [0.5, 0.6) is 0 Å². The second kappa shape index (κ2) is 7.53. The molecule has 8 heteroatoms. The fourth-order valence-electron chi connectivity index (χ4n) is 3.63. The molecule has 0 unspecified atom stereocenters. The number of unbranched alkanes of at least 4 members (excludes halogenated alkanes) is 1. The monoisotopic (exact) mass is 379 g/mol. The number of nitrogens with zero attached hydrogens (tertiary/aromatic N) is 7. The molecule has 3 aromatic rings. The van der Waals surface area contributed by atoms with Gasteiger partial charge in [0.25, 0.3) is 0 Å². The van der Waals surface area contributed by atoms with Crippen LogP contribution >= 0.6 is 0 Å². The highest BCUT2D eigenvalue weighted by atomic mass is 16.2. The van der Waals surface area contributed by atoms with Crippen molar-refractivity contribution in [2.24, 2.45) is 7.05 Å². The van der Waals surface area contributed by atoms with Crippen molar-refractivity contribution in [1.82, 2.24) is 29.6 Å². The third kappa shape index (κ3) is 3.30. The summed E-state index contributed by atoms with van der Waals surface area (Å²) in [4.78, 5) is 30.6. The van der Waals surface area contributed by atoms with Crippen molar-refractivity contribution in [3.63, 3.8) is 0 Å². The first-order valence-corrected chi connectivity index (χ1v) is 9.74. The predicted octanol–water partition coefficient (Wildman–Crippen LogP) is 2.18. The minimum atomic E-state index is 0.146. The van der Waals surface area contributed by atoms with Gasteiger partial charge >= 0.3 is 0 Å². The number of aryl methyl sites for hydroxylation is 2. The van der Waals surface area contributed by atoms with Crippen LogP contribution in [0, 0.1) is 6.92 Å². The van der Waals surface area contributed by atoms with Crippen molar-refractivity contribution in [3.05, 3.63) is 30.1 Å². The highest BCUT2D eigenvalue weighted by Gasteiger charge is 2.28. The SMILES string of the molecule is CCCCN1CCN(c2nc(-c3ccccn3)nc3c2c(C)nn3C)CC1=O. The average molecular weight is 379 g/mol. The second-order valence-corrected chi connectivity index (χ2v) is 7.15. The molecule has 1 aliphatic heterocycles. The summed E-state index contributed by atoms with van der Waals surface area (Å²) in [7, 11) is 1.88. The highest BCUT2D eigenvalue weighted by Crippen LogP contribution is 2.30. The van der Waals surface area contributed by atoms with Crippen LogP contribution in [-0.2, 0) is 11.8 Å². The van der Waals surface area contributed by atoms with E-state index in [1.807, 2.05) is 37.1 Å². The smallest absolute Gasteiger partial charge is 0.242 e. The number of carbonyl (C=O) groups is 1. The van der Waals surface area contributed by atoms with Gasteiger partial charge in [-0.3, -0.25) is 14.5 Å². The molecule has 0 N–H and O–H groups in total. The van der Waals surface area contributed by atoms with E-state index in [9.17, 15) is 4.79 Å². The molecule has 1 saturated heterocycles. The fraction of sp³-hybridized carbons (Fsp3) is 0.450. The molecule has 0 radical (unpaired) electrons. The van der Waals surface area contributed by atoms with E-state index in [4.69, 9.17) is 9.97 Å². The second-order valence-electron chi connectivity index (χ2n) is 7.15. The molecule has 4 heterocycles. The van der Waals surface area contributed by atoms with Gasteiger partial charge < -0.3 is 9.80 Å². The van der Waals surface area contributed by atoms with Crippen molar-refractivity contribution in [2.45, 2.75) is 26.7 Å². The maximum atomic E-state index is 12.7. The third-order valence-corrected chi connectivity index (χ3v) is 5.13. The fourth-order valence-corrected chi connectivity index (χ4v) is 3.63. The number of rotatable bonds is 5. The molecule has 0 aromatic carbocycles. The number of pyridine rings is 1. The Labute approximate surface area is 164 Å². The Morgan fingerprint density at radius 1 is 1.18 bits per heavy atom. The third-order valence-electron chi connectivity index (χ3n) is 5.13. The average Bonchev–Trinajstić information content (AvgIpc) is 3.01. The van der Waals surface area contributed by atoms with E-state index in [2.05, 4.69) is 21.9 Å². The Balaban J connectivity index is 1.75. The summed E-state index contributed by atoms with van der Waals surface area (Å²) in [5, 5.41) is 5.43. The summed E-state index contributed by atoms with van der Waals surface area (Å²) in [6, 6.07) is 5.67. The van der Waals surface area contributed by atoms with Crippen LogP contribution in [0.4, 0.5) is 5.82 Å². The lowest BCUT2D eigenvalue weighted by Crippen LogP contribution is -2.51. The lowest BCUT2D eigenvalue weighted by molar-refractivity contribution is -0.131. The summed E-state index contributed by atoms with van der Waals surface area (Å²) < 4.78 is 1.77. The first-order chi connectivity index (χ1) is 13.6. The first kappa shape index (κ1) is 18.3. The Bertz CT molecular complexity index is 999. The standard InChI is InChI=1S/C20H25N7O/c1-4-5-10-26-11-12-27(13-16(26)28)20-17-14(2)24-25(3)19(17)22-18(23-20)15-8-6-7-9-21-15/h6-9H,4-5,10-13H2,1-3H3. The topological polar surface area (TPSA) is 80.0 Å².